The molecule has 0 atom stereocenters. The minimum atomic E-state index is 0.176. The van der Waals surface area contributed by atoms with Gasteiger partial charge in [-0.05, 0) is 29.8 Å². The van der Waals surface area contributed by atoms with Gasteiger partial charge >= 0.3 is 0 Å². The topological polar surface area (TPSA) is 69.2 Å². The molecule has 1 N–H and O–H groups in total. The Hall–Kier alpha value is -2.60. The van der Waals surface area contributed by atoms with E-state index in [-0.39, 0.29) is 5.28 Å². The molecule has 24 heavy (non-hydrogen) atoms. The Balaban J connectivity index is 1.88. The first-order valence-corrected chi connectivity index (χ1v) is 7.82. The number of nitrogens with zero attached hydrogens (tertiary/aromatic N) is 3. The Morgan fingerprint density at radius 3 is 2.58 bits per heavy atom. The van der Waals surface area contributed by atoms with Gasteiger partial charge in [0.1, 0.15) is 5.82 Å². The summed E-state index contributed by atoms with van der Waals surface area (Å²) < 4.78 is 10.7. The van der Waals surface area contributed by atoms with Gasteiger partial charge in [0.2, 0.25) is 5.28 Å². The summed E-state index contributed by atoms with van der Waals surface area (Å²) in [6, 6.07) is 9.48. The molecule has 3 aromatic rings. The lowest BCUT2D eigenvalue weighted by Crippen LogP contribution is -2.08. The highest BCUT2D eigenvalue weighted by atomic mass is 35.5. The summed E-state index contributed by atoms with van der Waals surface area (Å²) in [5, 5.41) is 4.29. The SMILES string of the molecule is COc1cc2nc(Cl)nc(NCCc3ccccn3)c2cc1OC. The van der Waals surface area contributed by atoms with E-state index in [2.05, 4.69) is 20.3 Å². The van der Waals surface area contributed by atoms with E-state index in [1.54, 1.807) is 26.5 Å². The average Bonchev–Trinajstić information content (AvgIpc) is 2.61. The smallest absolute Gasteiger partial charge is 0.224 e. The maximum absolute atomic E-state index is 6.04. The van der Waals surface area contributed by atoms with Crippen LogP contribution in [-0.4, -0.2) is 35.7 Å². The third-order valence-corrected chi connectivity index (χ3v) is 3.74. The number of fused-ring (bicyclic) bond motifs is 1. The third kappa shape index (κ3) is 3.49. The van der Waals surface area contributed by atoms with Crippen molar-refractivity contribution in [3.8, 4) is 11.5 Å². The van der Waals surface area contributed by atoms with Crippen molar-refractivity contribution in [2.24, 2.45) is 0 Å². The normalized spacial score (nSPS) is 10.6. The van der Waals surface area contributed by atoms with E-state index in [0.717, 1.165) is 17.5 Å². The van der Waals surface area contributed by atoms with E-state index in [4.69, 9.17) is 21.1 Å². The molecule has 0 bridgehead atoms. The number of ether oxygens (including phenoxy) is 2. The van der Waals surface area contributed by atoms with Crippen LogP contribution in [0, 0.1) is 0 Å². The quantitative estimate of drug-likeness (QED) is 0.691. The number of methoxy groups -OCH3 is 2. The van der Waals surface area contributed by atoms with Crippen molar-refractivity contribution in [2.75, 3.05) is 26.1 Å². The lowest BCUT2D eigenvalue weighted by Gasteiger charge is -2.12. The number of hydrogen-bond acceptors (Lipinski definition) is 6. The van der Waals surface area contributed by atoms with Crippen LogP contribution in [0.4, 0.5) is 5.82 Å². The van der Waals surface area contributed by atoms with Gasteiger partial charge in [-0.1, -0.05) is 6.07 Å². The van der Waals surface area contributed by atoms with Crippen molar-refractivity contribution < 1.29 is 9.47 Å². The highest BCUT2D eigenvalue weighted by Gasteiger charge is 2.12. The first kappa shape index (κ1) is 16.3. The molecule has 6 nitrogen and oxygen atoms in total. The van der Waals surface area contributed by atoms with E-state index in [1.807, 2.05) is 24.3 Å². The summed E-state index contributed by atoms with van der Waals surface area (Å²) >= 11 is 6.04. The van der Waals surface area contributed by atoms with Gasteiger partial charge in [0.15, 0.2) is 11.5 Å². The van der Waals surface area contributed by atoms with E-state index in [0.29, 0.717) is 29.4 Å². The van der Waals surface area contributed by atoms with E-state index in [1.165, 1.54) is 0 Å². The molecule has 0 unspecified atom stereocenters. The number of pyridine rings is 1. The maximum atomic E-state index is 6.04. The molecule has 0 aliphatic rings. The Labute approximate surface area is 144 Å². The van der Waals surface area contributed by atoms with Crippen molar-refractivity contribution in [3.63, 3.8) is 0 Å². The molecular formula is C17H17ClN4O2. The molecule has 0 aliphatic heterocycles. The van der Waals surface area contributed by atoms with Gasteiger partial charge in [-0.2, -0.15) is 0 Å². The lowest BCUT2D eigenvalue weighted by atomic mass is 10.2. The van der Waals surface area contributed by atoms with Crippen LogP contribution < -0.4 is 14.8 Å². The zero-order valence-corrected chi connectivity index (χ0v) is 14.2. The molecule has 0 radical (unpaired) electrons. The van der Waals surface area contributed by atoms with Gasteiger partial charge in [0, 0.05) is 36.3 Å². The van der Waals surface area contributed by atoms with Gasteiger partial charge in [-0.15, -0.1) is 0 Å². The Kier molecular flexibility index (Phi) is 4.96. The minimum Gasteiger partial charge on any atom is -0.493 e. The molecule has 0 saturated carbocycles. The molecule has 0 spiro atoms. The fourth-order valence-corrected chi connectivity index (χ4v) is 2.59. The van der Waals surface area contributed by atoms with Crippen LogP contribution in [0.1, 0.15) is 5.69 Å². The monoisotopic (exact) mass is 344 g/mol. The standard InChI is InChI=1S/C17H17ClN4O2/c1-23-14-9-12-13(10-15(14)24-2)21-17(18)22-16(12)20-8-6-11-5-3-4-7-19-11/h3-5,7,9-10H,6,8H2,1-2H3,(H,20,21,22). The molecule has 7 heteroatoms. The highest BCUT2D eigenvalue weighted by molar-refractivity contribution is 6.28. The second kappa shape index (κ2) is 7.31. The number of aromatic nitrogens is 3. The van der Waals surface area contributed by atoms with Crippen molar-refractivity contribution in [3.05, 3.63) is 47.5 Å². The Morgan fingerprint density at radius 1 is 1.08 bits per heavy atom. The van der Waals surface area contributed by atoms with Crippen LogP contribution in [0.3, 0.4) is 0 Å². The molecular weight excluding hydrogens is 328 g/mol. The summed E-state index contributed by atoms with van der Waals surface area (Å²) in [5.74, 6) is 1.87. The lowest BCUT2D eigenvalue weighted by molar-refractivity contribution is 0.356. The van der Waals surface area contributed by atoms with Crippen LogP contribution >= 0.6 is 11.6 Å². The molecule has 1 aromatic carbocycles. The molecule has 0 saturated heterocycles. The summed E-state index contributed by atoms with van der Waals surface area (Å²) in [6.07, 6.45) is 2.56. The third-order valence-electron chi connectivity index (χ3n) is 3.57. The summed E-state index contributed by atoms with van der Waals surface area (Å²) in [7, 11) is 3.17. The number of halogens is 1. The van der Waals surface area contributed by atoms with Crippen molar-refractivity contribution in [2.45, 2.75) is 6.42 Å². The molecule has 0 amide bonds. The summed E-state index contributed by atoms with van der Waals surface area (Å²) in [4.78, 5) is 12.8. The van der Waals surface area contributed by atoms with Crippen LogP contribution in [0.25, 0.3) is 10.9 Å². The number of nitrogens with one attached hydrogen (secondary N) is 1. The molecule has 2 aromatic heterocycles. The Morgan fingerprint density at radius 2 is 1.88 bits per heavy atom. The van der Waals surface area contributed by atoms with Crippen molar-refractivity contribution in [1.29, 1.82) is 0 Å². The number of rotatable bonds is 6. The van der Waals surface area contributed by atoms with Crippen LogP contribution in [0.5, 0.6) is 11.5 Å². The number of anilines is 1. The molecule has 0 aliphatic carbocycles. The zero-order valence-electron chi connectivity index (χ0n) is 13.4. The fraction of sp³-hybridized carbons (Fsp3) is 0.235. The molecule has 2 heterocycles. The van der Waals surface area contributed by atoms with Gasteiger partial charge in [0.05, 0.1) is 19.7 Å². The van der Waals surface area contributed by atoms with Gasteiger partial charge in [-0.25, -0.2) is 9.97 Å². The highest BCUT2D eigenvalue weighted by Crippen LogP contribution is 2.34. The zero-order chi connectivity index (χ0) is 16.9. The molecule has 0 fully saturated rings. The van der Waals surface area contributed by atoms with Gasteiger partial charge in [0.25, 0.3) is 0 Å². The molecule has 124 valence electrons. The maximum Gasteiger partial charge on any atom is 0.224 e. The van der Waals surface area contributed by atoms with E-state index < -0.39 is 0 Å². The van der Waals surface area contributed by atoms with Gasteiger partial charge in [-0.3, -0.25) is 4.98 Å². The van der Waals surface area contributed by atoms with Crippen molar-refractivity contribution >= 4 is 28.3 Å². The second-order valence-corrected chi connectivity index (χ2v) is 5.40. The van der Waals surface area contributed by atoms with Crippen LogP contribution in [-0.2, 0) is 6.42 Å². The largest absolute Gasteiger partial charge is 0.493 e. The van der Waals surface area contributed by atoms with Gasteiger partial charge < -0.3 is 14.8 Å². The minimum absolute atomic E-state index is 0.176. The second-order valence-electron chi connectivity index (χ2n) is 5.06. The summed E-state index contributed by atoms with van der Waals surface area (Å²) in [6.45, 7) is 0.674. The van der Waals surface area contributed by atoms with E-state index >= 15 is 0 Å². The van der Waals surface area contributed by atoms with E-state index in [9.17, 15) is 0 Å². The van der Waals surface area contributed by atoms with Crippen LogP contribution in [0.2, 0.25) is 5.28 Å². The number of benzene rings is 1. The average molecular weight is 345 g/mol. The van der Waals surface area contributed by atoms with Crippen LogP contribution in [0.15, 0.2) is 36.5 Å². The first-order chi connectivity index (χ1) is 11.7. The molecule has 3 rings (SSSR count). The predicted molar refractivity (Wildman–Crippen MR) is 94.1 cm³/mol. The predicted octanol–water partition coefficient (Wildman–Crippen LogP) is 3.35. The fourth-order valence-electron chi connectivity index (χ4n) is 2.42. The first-order valence-electron chi connectivity index (χ1n) is 7.44. The number of hydrogen-bond donors (Lipinski definition) is 1. The Bertz CT molecular complexity index is 843. The summed E-state index contributed by atoms with van der Waals surface area (Å²) in [5.41, 5.74) is 1.70. The van der Waals surface area contributed by atoms with Crippen molar-refractivity contribution in [1.82, 2.24) is 15.0 Å².